The first-order valence-electron chi connectivity index (χ1n) is 5.07. The Labute approximate surface area is 123 Å². The Bertz CT molecular complexity index is 698. The van der Waals surface area contributed by atoms with Gasteiger partial charge in [-0.25, -0.2) is 0 Å². The van der Waals surface area contributed by atoms with Crippen LogP contribution in [0.2, 0.25) is 5.02 Å². The summed E-state index contributed by atoms with van der Waals surface area (Å²) in [5.41, 5.74) is 0. The Balaban J connectivity index is 2.33. The van der Waals surface area contributed by atoms with Crippen molar-refractivity contribution in [3.8, 4) is 11.5 Å². The van der Waals surface area contributed by atoms with Crippen LogP contribution in [-0.2, 0) is 10.1 Å². The summed E-state index contributed by atoms with van der Waals surface area (Å²) in [6, 6.07) is 9.62. The second-order valence-electron chi connectivity index (χ2n) is 3.61. The summed E-state index contributed by atoms with van der Waals surface area (Å²) < 4.78 is 29.6. The molecule has 19 heavy (non-hydrogen) atoms. The zero-order valence-corrected chi connectivity index (χ0v) is 12.5. The molecule has 0 fully saturated rings. The van der Waals surface area contributed by atoms with Gasteiger partial charge in [-0.1, -0.05) is 27.5 Å². The van der Waals surface area contributed by atoms with Gasteiger partial charge < -0.3 is 9.29 Å². The predicted octanol–water partition coefficient (Wildman–Crippen LogP) is 3.58. The molecule has 0 atom stereocenters. The van der Waals surface area contributed by atoms with Crippen LogP contribution in [0.25, 0.3) is 0 Å². The molecule has 2 aromatic carbocycles. The molecule has 0 aromatic heterocycles. The standard InChI is InChI=1S/C12H8BrClO4S/c13-8-1-6-12(11(14)7-8)18-19(16,17)10-4-2-9(15)3-5-10/h1-7,15H. The van der Waals surface area contributed by atoms with E-state index in [0.29, 0.717) is 4.47 Å². The van der Waals surface area contributed by atoms with Crippen molar-refractivity contribution >= 4 is 37.6 Å². The Kier molecular flexibility index (Phi) is 4.03. The molecule has 0 aliphatic rings. The Hall–Kier alpha value is -1.24. The van der Waals surface area contributed by atoms with E-state index >= 15 is 0 Å². The number of hydrogen-bond acceptors (Lipinski definition) is 4. The second-order valence-corrected chi connectivity index (χ2v) is 6.48. The summed E-state index contributed by atoms with van der Waals surface area (Å²) in [4.78, 5) is -0.0655. The van der Waals surface area contributed by atoms with E-state index in [1.165, 1.54) is 36.4 Å². The minimum atomic E-state index is -3.98. The minimum Gasteiger partial charge on any atom is -0.508 e. The highest BCUT2D eigenvalue weighted by Crippen LogP contribution is 2.30. The monoisotopic (exact) mass is 362 g/mol. The maximum absolute atomic E-state index is 12.0. The van der Waals surface area contributed by atoms with Gasteiger partial charge in [0, 0.05) is 4.47 Å². The molecule has 2 aromatic rings. The molecule has 0 saturated carbocycles. The Morgan fingerprint density at radius 1 is 1.11 bits per heavy atom. The summed E-state index contributed by atoms with van der Waals surface area (Å²) in [7, 11) is -3.98. The summed E-state index contributed by atoms with van der Waals surface area (Å²) in [5.74, 6) is 0.0126. The lowest BCUT2D eigenvalue weighted by Crippen LogP contribution is -2.09. The average Bonchev–Trinajstić information content (AvgIpc) is 2.33. The molecule has 0 spiro atoms. The van der Waals surface area contributed by atoms with Gasteiger partial charge in [-0.05, 0) is 42.5 Å². The molecule has 0 radical (unpaired) electrons. The third-order valence-electron chi connectivity index (χ3n) is 2.22. The van der Waals surface area contributed by atoms with E-state index in [0.717, 1.165) is 0 Å². The number of phenolic OH excluding ortho intramolecular Hbond substituents is 1. The van der Waals surface area contributed by atoms with Crippen LogP contribution >= 0.6 is 27.5 Å². The van der Waals surface area contributed by atoms with E-state index in [9.17, 15) is 8.42 Å². The zero-order chi connectivity index (χ0) is 14.0. The van der Waals surface area contributed by atoms with Gasteiger partial charge in [-0.15, -0.1) is 0 Å². The van der Waals surface area contributed by atoms with E-state index in [1.54, 1.807) is 6.07 Å². The molecule has 0 bridgehead atoms. The maximum Gasteiger partial charge on any atom is 0.339 e. The number of phenols is 1. The molecular weight excluding hydrogens is 356 g/mol. The third kappa shape index (κ3) is 3.40. The molecule has 2 rings (SSSR count). The SMILES string of the molecule is O=S(=O)(Oc1ccc(Br)cc1Cl)c1ccc(O)cc1. The topological polar surface area (TPSA) is 63.6 Å². The fourth-order valence-corrected chi connectivity index (χ4v) is 3.03. The molecule has 0 aliphatic carbocycles. The van der Waals surface area contributed by atoms with Crippen molar-refractivity contribution in [1.29, 1.82) is 0 Å². The van der Waals surface area contributed by atoms with Gasteiger partial charge in [0.15, 0.2) is 5.75 Å². The van der Waals surface area contributed by atoms with Crippen LogP contribution in [0.1, 0.15) is 0 Å². The summed E-state index contributed by atoms with van der Waals surface area (Å²) in [5, 5.41) is 9.30. The molecule has 4 nitrogen and oxygen atoms in total. The van der Waals surface area contributed by atoms with Gasteiger partial charge in [-0.3, -0.25) is 0 Å². The van der Waals surface area contributed by atoms with Crippen molar-refractivity contribution in [2.75, 3.05) is 0 Å². The van der Waals surface area contributed by atoms with Crippen molar-refractivity contribution in [2.45, 2.75) is 4.90 Å². The van der Waals surface area contributed by atoms with Crippen LogP contribution in [0, 0.1) is 0 Å². The van der Waals surface area contributed by atoms with Crippen molar-refractivity contribution in [2.24, 2.45) is 0 Å². The maximum atomic E-state index is 12.0. The van der Waals surface area contributed by atoms with E-state index in [-0.39, 0.29) is 21.4 Å². The fourth-order valence-electron chi connectivity index (χ4n) is 1.32. The zero-order valence-electron chi connectivity index (χ0n) is 9.38. The quantitative estimate of drug-likeness (QED) is 0.847. The van der Waals surface area contributed by atoms with Crippen LogP contribution in [0.4, 0.5) is 0 Å². The van der Waals surface area contributed by atoms with Crippen molar-refractivity contribution < 1.29 is 17.7 Å². The van der Waals surface area contributed by atoms with Gasteiger partial charge in [-0.2, -0.15) is 8.42 Å². The number of benzene rings is 2. The minimum absolute atomic E-state index is 0.0272. The van der Waals surface area contributed by atoms with Crippen molar-refractivity contribution in [3.63, 3.8) is 0 Å². The molecule has 7 heteroatoms. The Morgan fingerprint density at radius 2 is 1.74 bits per heavy atom. The van der Waals surface area contributed by atoms with Crippen LogP contribution in [0.3, 0.4) is 0 Å². The molecular formula is C12H8BrClO4S. The molecule has 0 aliphatic heterocycles. The summed E-state index contributed by atoms with van der Waals surface area (Å²) in [6.07, 6.45) is 0. The number of aromatic hydroxyl groups is 1. The van der Waals surface area contributed by atoms with Crippen LogP contribution in [0.15, 0.2) is 51.8 Å². The highest BCUT2D eigenvalue weighted by Gasteiger charge is 2.18. The lowest BCUT2D eigenvalue weighted by atomic mass is 10.3. The molecule has 100 valence electrons. The predicted molar refractivity (Wildman–Crippen MR) is 75.1 cm³/mol. The highest BCUT2D eigenvalue weighted by atomic mass is 79.9. The lowest BCUT2D eigenvalue weighted by molar-refractivity contribution is 0.473. The molecule has 0 amide bonds. The van der Waals surface area contributed by atoms with E-state index in [1.807, 2.05) is 0 Å². The van der Waals surface area contributed by atoms with Crippen molar-refractivity contribution in [1.82, 2.24) is 0 Å². The van der Waals surface area contributed by atoms with Gasteiger partial charge in [0.1, 0.15) is 10.6 Å². The Morgan fingerprint density at radius 3 is 2.32 bits per heavy atom. The first-order chi connectivity index (χ1) is 8.88. The highest BCUT2D eigenvalue weighted by molar-refractivity contribution is 9.10. The van der Waals surface area contributed by atoms with Gasteiger partial charge in [0.05, 0.1) is 5.02 Å². The second kappa shape index (κ2) is 5.40. The smallest absolute Gasteiger partial charge is 0.339 e. The summed E-state index contributed by atoms with van der Waals surface area (Å²) in [6.45, 7) is 0. The van der Waals surface area contributed by atoms with Crippen LogP contribution in [-0.4, -0.2) is 13.5 Å². The van der Waals surface area contributed by atoms with E-state index < -0.39 is 10.1 Å². The van der Waals surface area contributed by atoms with Gasteiger partial charge >= 0.3 is 10.1 Å². The normalized spacial score (nSPS) is 11.3. The molecule has 0 unspecified atom stereocenters. The molecule has 0 saturated heterocycles. The third-order valence-corrected chi connectivity index (χ3v) is 4.26. The number of halogens is 2. The molecule has 1 N–H and O–H groups in total. The van der Waals surface area contributed by atoms with Crippen molar-refractivity contribution in [3.05, 3.63) is 52.0 Å². The van der Waals surface area contributed by atoms with E-state index in [4.69, 9.17) is 20.9 Å². The first-order valence-corrected chi connectivity index (χ1v) is 7.65. The molecule has 0 heterocycles. The van der Waals surface area contributed by atoms with Gasteiger partial charge in [0.25, 0.3) is 0 Å². The number of hydrogen-bond donors (Lipinski definition) is 1. The van der Waals surface area contributed by atoms with E-state index in [2.05, 4.69) is 15.9 Å². The number of rotatable bonds is 3. The lowest BCUT2D eigenvalue weighted by Gasteiger charge is -2.08. The largest absolute Gasteiger partial charge is 0.508 e. The first kappa shape index (κ1) is 14.2. The van der Waals surface area contributed by atoms with Gasteiger partial charge in [0.2, 0.25) is 0 Å². The average molecular weight is 364 g/mol. The van der Waals surface area contributed by atoms with Crippen LogP contribution < -0.4 is 4.18 Å². The fraction of sp³-hybridized carbons (Fsp3) is 0. The summed E-state index contributed by atoms with van der Waals surface area (Å²) >= 11 is 9.10. The van der Waals surface area contributed by atoms with Crippen LogP contribution in [0.5, 0.6) is 11.5 Å².